The third-order valence-electron chi connectivity index (χ3n) is 5.08. The van der Waals surface area contributed by atoms with E-state index in [1.807, 2.05) is 11.6 Å². The van der Waals surface area contributed by atoms with E-state index in [0.717, 1.165) is 25.1 Å². The number of hydrogen-bond donors (Lipinski definition) is 2. The Balaban J connectivity index is 1.85. The molecule has 33 heavy (non-hydrogen) atoms. The van der Waals surface area contributed by atoms with Gasteiger partial charge in [0.15, 0.2) is 0 Å². The SMILES string of the molecule is CCCCNC(=O)NS(=O)(=O)CCc1c(C)nn(C)c1-n1ccc2cc(C(F)(F)F)cnc21. The minimum Gasteiger partial charge on any atom is -0.337 e. The highest BCUT2D eigenvalue weighted by Crippen LogP contribution is 2.31. The first-order chi connectivity index (χ1) is 15.4. The highest BCUT2D eigenvalue weighted by molar-refractivity contribution is 7.90. The standard InChI is InChI=1S/C20H25F3N6O3S/c1-4-5-8-24-19(30)27-33(31,32)10-7-16-13(2)26-28(3)18(16)29-9-6-14-11-15(20(21,22)23)12-25-17(14)29/h6,9,11-12H,4-5,7-8,10H2,1-3H3,(H2,24,27,30). The Morgan fingerprint density at radius 2 is 2.00 bits per heavy atom. The molecule has 9 nitrogen and oxygen atoms in total. The lowest BCUT2D eigenvalue weighted by Crippen LogP contribution is -2.41. The second-order valence-electron chi connectivity index (χ2n) is 7.61. The van der Waals surface area contributed by atoms with E-state index in [1.165, 1.54) is 10.7 Å². The van der Waals surface area contributed by atoms with Crippen LogP contribution in [0.15, 0.2) is 24.5 Å². The van der Waals surface area contributed by atoms with Crippen LogP contribution in [0.3, 0.4) is 0 Å². The van der Waals surface area contributed by atoms with Crippen molar-refractivity contribution in [2.45, 2.75) is 39.3 Å². The number of pyridine rings is 1. The van der Waals surface area contributed by atoms with E-state index < -0.39 is 27.8 Å². The molecule has 3 aromatic heterocycles. The summed E-state index contributed by atoms with van der Waals surface area (Å²) >= 11 is 0. The number of amides is 2. The number of aryl methyl sites for hydroxylation is 2. The minimum absolute atomic E-state index is 0.0346. The predicted molar refractivity (Wildman–Crippen MR) is 117 cm³/mol. The number of halogens is 3. The number of fused-ring (bicyclic) bond motifs is 1. The van der Waals surface area contributed by atoms with E-state index in [2.05, 4.69) is 15.4 Å². The van der Waals surface area contributed by atoms with E-state index >= 15 is 0 Å². The lowest BCUT2D eigenvalue weighted by atomic mass is 10.2. The molecule has 13 heteroatoms. The molecule has 0 spiro atoms. The van der Waals surface area contributed by atoms with Crippen LogP contribution in [0.1, 0.15) is 36.6 Å². The molecule has 0 saturated heterocycles. The molecule has 0 unspecified atom stereocenters. The minimum atomic E-state index is -4.51. The van der Waals surface area contributed by atoms with Crippen molar-refractivity contribution in [1.82, 2.24) is 29.4 Å². The quantitative estimate of drug-likeness (QED) is 0.476. The van der Waals surface area contributed by atoms with Crippen molar-refractivity contribution in [3.8, 4) is 5.82 Å². The number of sulfonamides is 1. The number of aromatic nitrogens is 4. The van der Waals surface area contributed by atoms with Crippen LogP contribution in [0.25, 0.3) is 16.9 Å². The second-order valence-corrected chi connectivity index (χ2v) is 9.45. The fraction of sp³-hybridized carbons (Fsp3) is 0.450. The molecule has 2 amide bonds. The average Bonchev–Trinajstić information content (AvgIpc) is 3.24. The lowest BCUT2D eigenvalue weighted by Gasteiger charge is -2.11. The maximum absolute atomic E-state index is 13.0. The van der Waals surface area contributed by atoms with E-state index in [4.69, 9.17) is 0 Å². The summed E-state index contributed by atoms with van der Waals surface area (Å²) in [5, 5.41) is 7.10. The van der Waals surface area contributed by atoms with Crippen LogP contribution in [0.5, 0.6) is 0 Å². The van der Waals surface area contributed by atoms with Gasteiger partial charge in [-0.3, -0.25) is 9.25 Å². The first kappa shape index (κ1) is 24.6. The number of hydrogen-bond acceptors (Lipinski definition) is 5. The lowest BCUT2D eigenvalue weighted by molar-refractivity contribution is -0.137. The first-order valence-electron chi connectivity index (χ1n) is 10.3. The molecule has 0 saturated carbocycles. The van der Waals surface area contributed by atoms with Gasteiger partial charge in [-0.2, -0.15) is 18.3 Å². The Hall–Kier alpha value is -3.09. The molecule has 3 heterocycles. The van der Waals surface area contributed by atoms with E-state index in [1.54, 1.807) is 24.7 Å². The molecule has 180 valence electrons. The van der Waals surface area contributed by atoms with Gasteiger partial charge in [-0.25, -0.2) is 22.9 Å². The Kier molecular flexibility index (Phi) is 7.00. The van der Waals surface area contributed by atoms with Crippen molar-refractivity contribution >= 4 is 27.1 Å². The van der Waals surface area contributed by atoms with Gasteiger partial charge in [-0.15, -0.1) is 0 Å². The molecule has 3 aromatic rings. The topological polar surface area (TPSA) is 111 Å². The van der Waals surface area contributed by atoms with Crippen LogP contribution in [-0.4, -0.2) is 46.1 Å². The van der Waals surface area contributed by atoms with E-state index in [0.29, 0.717) is 23.6 Å². The third kappa shape index (κ3) is 5.64. The summed E-state index contributed by atoms with van der Waals surface area (Å²) in [7, 11) is -2.27. The summed E-state index contributed by atoms with van der Waals surface area (Å²) in [6.45, 7) is 4.02. The highest BCUT2D eigenvalue weighted by atomic mass is 32.2. The zero-order valence-corrected chi connectivity index (χ0v) is 19.2. The molecular formula is C20H25F3N6O3S. The van der Waals surface area contributed by atoms with Crippen molar-refractivity contribution < 1.29 is 26.4 Å². The van der Waals surface area contributed by atoms with Crippen LogP contribution in [0.4, 0.5) is 18.0 Å². The Morgan fingerprint density at radius 3 is 2.67 bits per heavy atom. The van der Waals surface area contributed by atoms with Crippen molar-refractivity contribution in [2.24, 2.45) is 7.05 Å². The summed E-state index contributed by atoms with van der Waals surface area (Å²) in [6.07, 6.45) is -0.570. The molecule has 0 aliphatic heterocycles. The van der Waals surface area contributed by atoms with E-state index in [9.17, 15) is 26.4 Å². The third-order valence-corrected chi connectivity index (χ3v) is 6.32. The second kappa shape index (κ2) is 9.41. The largest absolute Gasteiger partial charge is 0.417 e. The molecule has 0 atom stereocenters. The Labute approximate surface area is 189 Å². The fourth-order valence-corrected chi connectivity index (χ4v) is 4.41. The molecule has 0 radical (unpaired) electrons. The van der Waals surface area contributed by atoms with Crippen LogP contribution in [0, 0.1) is 6.92 Å². The van der Waals surface area contributed by atoms with Gasteiger partial charge in [0.25, 0.3) is 0 Å². The average molecular weight is 487 g/mol. The van der Waals surface area contributed by atoms with Gasteiger partial charge in [0.05, 0.1) is 17.0 Å². The normalized spacial score (nSPS) is 12.3. The van der Waals surface area contributed by atoms with Gasteiger partial charge in [-0.1, -0.05) is 13.3 Å². The van der Waals surface area contributed by atoms with Gasteiger partial charge in [0.2, 0.25) is 10.0 Å². The first-order valence-corrected chi connectivity index (χ1v) is 11.9. The van der Waals surface area contributed by atoms with Crippen molar-refractivity contribution in [2.75, 3.05) is 12.3 Å². The number of rotatable bonds is 8. The molecule has 0 bridgehead atoms. The van der Waals surface area contributed by atoms with Crippen LogP contribution < -0.4 is 10.0 Å². The van der Waals surface area contributed by atoms with Gasteiger partial charge in [0, 0.05) is 36.9 Å². The summed E-state index contributed by atoms with van der Waals surface area (Å²) in [5.74, 6) is 0.107. The van der Waals surface area contributed by atoms with Crippen molar-refractivity contribution in [3.63, 3.8) is 0 Å². The van der Waals surface area contributed by atoms with Crippen LogP contribution in [0.2, 0.25) is 0 Å². The van der Waals surface area contributed by atoms with Crippen molar-refractivity contribution in [3.05, 3.63) is 41.3 Å². The molecule has 3 rings (SSSR count). The zero-order valence-electron chi connectivity index (χ0n) is 18.4. The Morgan fingerprint density at radius 1 is 1.27 bits per heavy atom. The highest BCUT2D eigenvalue weighted by Gasteiger charge is 2.31. The van der Waals surface area contributed by atoms with Crippen LogP contribution >= 0.6 is 0 Å². The van der Waals surface area contributed by atoms with Crippen molar-refractivity contribution in [1.29, 1.82) is 0 Å². The smallest absolute Gasteiger partial charge is 0.337 e. The number of carbonyl (C=O) groups is 1. The number of nitrogens with zero attached hydrogens (tertiary/aromatic N) is 4. The molecular weight excluding hydrogens is 461 g/mol. The number of unbranched alkanes of at least 4 members (excludes halogenated alkanes) is 1. The molecule has 0 aliphatic carbocycles. The number of alkyl halides is 3. The number of carbonyl (C=O) groups excluding carboxylic acids is 1. The van der Waals surface area contributed by atoms with Gasteiger partial charge >= 0.3 is 12.2 Å². The molecule has 0 aliphatic rings. The maximum atomic E-state index is 13.0. The van der Waals surface area contributed by atoms with Crippen LogP contribution in [-0.2, 0) is 29.7 Å². The summed E-state index contributed by atoms with van der Waals surface area (Å²) in [4.78, 5) is 15.8. The number of urea groups is 1. The summed E-state index contributed by atoms with van der Waals surface area (Å²) < 4.78 is 68.9. The zero-order chi connectivity index (χ0) is 24.4. The predicted octanol–water partition coefficient (Wildman–Crippen LogP) is 3.06. The van der Waals surface area contributed by atoms with Gasteiger partial charge < -0.3 is 5.32 Å². The maximum Gasteiger partial charge on any atom is 0.417 e. The molecule has 0 fully saturated rings. The van der Waals surface area contributed by atoms with E-state index in [-0.39, 0.29) is 23.2 Å². The summed E-state index contributed by atoms with van der Waals surface area (Å²) in [6, 6.07) is 1.73. The van der Waals surface area contributed by atoms with Gasteiger partial charge in [-0.05, 0) is 31.9 Å². The summed E-state index contributed by atoms with van der Waals surface area (Å²) in [5.41, 5.74) is 0.560. The monoisotopic (exact) mass is 486 g/mol. The molecule has 0 aromatic carbocycles. The fourth-order valence-electron chi connectivity index (χ4n) is 3.48. The Bertz CT molecular complexity index is 1260. The van der Waals surface area contributed by atoms with Gasteiger partial charge in [0.1, 0.15) is 11.5 Å². The molecule has 2 N–H and O–H groups in total. The number of nitrogens with one attached hydrogen (secondary N) is 2.